The van der Waals surface area contributed by atoms with Crippen LogP contribution in [0, 0.1) is 5.95 Å². The number of pyridine rings is 1. The molecule has 0 spiro atoms. The molecule has 188 valence electrons. The Balaban J connectivity index is 1.67. The zero-order valence-electron chi connectivity index (χ0n) is 19.1. The molecule has 36 heavy (non-hydrogen) atoms. The molecule has 0 saturated heterocycles. The number of hydrogen-bond donors (Lipinski definition) is 3. The quantitative estimate of drug-likeness (QED) is 0.226. The van der Waals surface area contributed by atoms with E-state index in [-0.39, 0.29) is 27.6 Å². The lowest BCUT2D eigenvalue weighted by Crippen LogP contribution is -2.58. The van der Waals surface area contributed by atoms with Crippen molar-refractivity contribution in [3.8, 4) is 11.4 Å². The highest BCUT2D eigenvalue weighted by atomic mass is 35.5. The third-order valence-electron chi connectivity index (χ3n) is 6.70. The van der Waals surface area contributed by atoms with E-state index in [1.54, 1.807) is 18.2 Å². The number of halogens is 5. The number of hydrogen-bond acceptors (Lipinski definition) is 5. The van der Waals surface area contributed by atoms with Gasteiger partial charge in [-0.1, -0.05) is 37.6 Å². The van der Waals surface area contributed by atoms with Crippen molar-refractivity contribution in [2.45, 2.75) is 43.5 Å². The van der Waals surface area contributed by atoms with Crippen LogP contribution in [-0.2, 0) is 5.41 Å². The summed E-state index contributed by atoms with van der Waals surface area (Å²) < 4.78 is 58.1. The molecule has 4 aromatic rings. The number of aromatic nitrogens is 3. The number of rotatable bonds is 3. The van der Waals surface area contributed by atoms with E-state index in [2.05, 4.69) is 15.4 Å². The number of aliphatic hydroxyl groups is 1. The molecule has 2 heterocycles. The van der Waals surface area contributed by atoms with Gasteiger partial charge < -0.3 is 15.5 Å². The van der Waals surface area contributed by atoms with Gasteiger partial charge in [0.15, 0.2) is 5.60 Å². The van der Waals surface area contributed by atoms with Gasteiger partial charge in [0.05, 0.1) is 34.7 Å². The summed E-state index contributed by atoms with van der Waals surface area (Å²) in [5, 5.41) is 29.5. The third-order valence-corrected chi connectivity index (χ3v) is 7.00. The second-order valence-electron chi connectivity index (χ2n) is 9.55. The SMILES string of the molecule is CC1(C)C[C@](O)(C(F)(F)F)[C@@H](Nc2cccc3c2cnn3-c2ccc(F)nc2)c2ccc(Cl)c(O)c21. The number of fused-ring (bicyclic) bond motifs is 2. The molecule has 2 aromatic heterocycles. The highest BCUT2D eigenvalue weighted by Gasteiger charge is 2.64. The minimum absolute atomic E-state index is 0.00862. The lowest BCUT2D eigenvalue weighted by atomic mass is 9.63. The zero-order chi connectivity index (χ0) is 26.0. The Morgan fingerprint density at radius 1 is 1.11 bits per heavy atom. The van der Waals surface area contributed by atoms with Gasteiger partial charge in [0.1, 0.15) is 5.75 Å². The van der Waals surface area contributed by atoms with Crippen LogP contribution < -0.4 is 5.32 Å². The molecular weight excluding hydrogens is 500 g/mol. The second-order valence-corrected chi connectivity index (χ2v) is 9.96. The van der Waals surface area contributed by atoms with Crippen molar-refractivity contribution in [2.75, 3.05) is 5.32 Å². The topological polar surface area (TPSA) is 83.2 Å². The lowest BCUT2D eigenvalue weighted by molar-refractivity contribution is -0.275. The first-order valence-electron chi connectivity index (χ1n) is 11.0. The number of alkyl halides is 3. The van der Waals surface area contributed by atoms with Crippen LogP contribution in [-0.4, -0.2) is 36.8 Å². The molecule has 3 N–H and O–H groups in total. The highest BCUT2D eigenvalue weighted by Crippen LogP contribution is 2.57. The van der Waals surface area contributed by atoms with Gasteiger partial charge in [0.2, 0.25) is 5.95 Å². The smallest absolute Gasteiger partial charge is 0.419 e. The molecule has 5 rings (SSSR count). The molecule has 0 aliphatic heterocycles. The Morgan fingerprint density at radius 3 is 2.53 bits per heavy atom. The van der Waals surface area contributed by atoms with Gasteiger partial charge in [-0.25, -0.2) is 9.67 Å². The Hall–Kier alpha value is -3.37. The summed E-state index contributed by atoms with van der Waals surface area (Å²) in [5.74, 6) is -0.976. The molecule has 11 heteroatoms. The molecule has 2 aromatic carbocycles. The summed E-state index contributed by atoms with van der Waals surface area (Å²) in [5.41, 5.74) is -2.82. The van der Waals surface area contributed by atoms with E-state index in [1.807, 2.05) is 0 Å². The number of phenolic OH excluding ortho intramolecular Hbond substituents is 1. The first-order chi connectivity index (χ1) is 16.8. The van der Waals surface area contributed by atoms with Gasteiger partial charge in [-0.15, -0.1) is 0 Å². The van der Waals surface area contributed by atoms with E-state index in [9.17, 15) is 27.8 Å². The molecule has 0 amide bonds. The van der Waals surface area contributed by atoms with E-state index in [4.69, 9.17) is 11.6 Å². The maximum atomic E-state index is 14.4. The lowest BCUT2D eigenvalue weighted by Gasteiger charge is -2.49. The molecular formula is C25H21ClF4N4O2. The van der Waals surface area contributed by atoms with Gasteiger partial charge in [-0.05, 0) is 47.7 Å². The van der Waals surface area contributed by atoms with Crippen molar-refractivity contribution in [3.05, 3.63) is 77.0 Å². The predicted octanol–water partition coefficient (Wildman–Crippen LogP) is 6.05. The Kier molecular flexibility index (Phi) is 5.46. The predicted molar refractivity (Wildman–Crippen MR) is 127 cm³/mol. The van der Waals surface area contributed by atoms with E-state index >= 15 is 0 Å². The monoisotopic (exact) mass is 520 g/mol. The minimum atomic E-state index is -4.99. The standard InChI is InChI=1S/C25H21ClF4N4O2/c1-23(2)12-24(36,25(28,29)30)22(14-7-8-16(26)21(35)20(14)23)33-17-4-3-5-18-15(17)11-32-34(18)13-6-9-19(27)31-10-13/h3-11,22,33,35-36H,12H2,1-2H3/t22-,24+/m0/s1. The Bertz CT molecular complexity index is 1470. The summed E-state index contributed by atoms with van der Waals surface area (Å²) in [6.07, 6.45) is -2.96. The fourth-order valence-corrected chi connectivity index (χ4v) is 5.30. The largest absolute Gasteiger partial charge is 0.506 e. The summed E-state index contributed by atoms with van der Waals surface area (Å²) >= 11 is 6.10. The molecule has 6 nitrogen and oxygen atoms in total. The van der Waals surface area contributed by atoms with Crippen molar-refractivity contribution >= 4 is 28.2 Å². The first kappa shape index (κ1) is 24.3. The van der Waals surface area contributed by atoms with Gasteiger partial charge >= 0.3 is 6.18 Å². The van der Waals surface area contributed by atoms with Gasteiger partial charge in [0, 0.05) is 16.6 Å². The van der Waals surface area contributed by atoms with E-state index < -0.39 is 35.6 Å². The zero-order valence-corrected chi connectivity index (χ0v) is 19.9. The molecule has 0 unspecified atom stereocenters. The summed E-state index contributed by atoms with van der Waals surface area (Å²) in [4.78, 5) is 3.62. The maximum absolute atomic E-state index is 14.4. The summed E-state index contributed by atoms with van der Waals surface area (Å²) in [6.45, 7) is 3.05. The number of nitrogens with zero attached hydrogens (tertiary/aromatic N) is 3. The van der Waals surface area contributed by atoms with Crippen LogP contribution >= 0.6 is 11.6 Å². The fraction of sp³-hybridized carbons (Fsp3) is 0.280. The van der Waals surface area contributed by atoms with E-state index in [1.165, 1.54) is 55.2 Å². The Morgan fingerprint density at radius 2 is 1.86 bits per heavy atom. The average molecular weight is 521 g/mol. The number of aromatic hydroxyl groups is 1. The number of benzene rings is 2. The number of phenols is 1. The molecule has 0 fully saturated rings. The Labute approximate surface area is 208 Å². The molecule has 1 aliphatic carbocycles. The second kappa shape index (κ2) is 8.07. The summed E-state index contributed by atoms with van der Waals surface area (Å²) in [6, 6.07) is 8.59. The van der Waals surface area contributed by atoms with E-state index in [0.29, 0.717) is 16.6 Å². The van der Waals surface area contributed by atoms with Crippen LogP contribution in [0.25, 0.3) is 16.6 Å². The molecule has 1 aliphatic rings. The van der Waals surface area contributed by atoms with Crippen LogP contribution in [0.3, 0.4) is 0 Å². The average Bonchev–Trinajstić information content (AvgIpc) is 3.23. The summed E-state index contributed by atoms with van der Waals surface area (Å²) in [7, 11) is 0. The number of anilines is 1. The fourth-order valence-electron chi connectivity index (χ4n) is 5.15. The van der Waals surface area contributed by atoms with Crippen molar-refractivity contribution in [2.24, 2.45) is 0 Å². The van der Waals surface area contributed by atoms with Crippen LogP contribution in [0.1, 0.15) is 37.4 Å². The van der Waals surface area contributed by atoms with Crippen molar-refractivity contribution in [3.63, 3.8) is 0 Å². The minimum Gasteiger partial charge on any atom is -0.506 e. The van der Waals surface area contributed by atoms with Crippen LogP contribution in [0.2, 0.25) is 5.02 Å². The normalized spacial score (nSPS) is 21.4. The first-order valence-corrected chi connectivity index (χ1v) is 11.4. The highest BCUT2D eigenvalue weighted by molar-refractivity contribution is 6.32. The van der Waals surface area contributed by atoms with Crippen LogP contribution in [0.5, 0.6) is 5.75 Å². The third kappa shape index (κ3) is 3.67. The molecule has 0 bridgehead atoms. The van der Waals surface area contributed by atoms with Crippen LogP contribution in [0.15, 0.2) is 54.9 Å². The molecule has 0 saturated carbocycles. The van der Waals surface area contributed by atoms with Crippen molar-refractivity contribution in [1.82, 2.24) is 14.8 Å². The van der Waals surface area contributed by atoms with Crippen molar-refractivity contribution < 1.29 is 27.8 Å². The van der Waals surface area contributed by atoms with Crippen molar-refractivity contribution in [1.29, 1.82) is 0 Å². The number of nitrogens with one attached hydrogen (secondary N) is 1. The molecule has 2 atom stereocenters. The van der Waals surface area contributed by atoms with E-state index in [0.717, 1.165) is 0 Å². The van der Waals surface area contributed by atoms with Crippen LogP contribution in [0.4, 0.5) is 23.2 Å². The van der Waals surface area contributed by atoms with Gasteiger partial charge in [-0.2, -0.15) is 22.7 Å². The van der Waals surface area contributed by atoms with Gasteiger partial charge in [-0.3, -0.25) is 0 Å². The molecule has 0 radical (unpaired) electrons. The van der Waals surface area contributed by atoms with Gasteiger partial charge in [0.25, 0.3) is 0 Å². The maximum Gasteiger partial charge on any atom is 0.419 e.